The molecule has 1 heterocycles. The van der Waals surface area contributed by atoms with Crippen molar-refractivity contribution in [2.45, 2.75) is 6.42 Å². The molecule has 0 aliphatic carbocycles. The van der Waals surface area contributed by atoms with Gasteiger partial charge in [-0.1, -0.05) is 0 Å². The van der Waals surface area contributed by atoms with Crippen molar-refractivity contribution >= 4 is 12.4 Å². The van der Waals surface area contributed by atoms with Gasteiger partial charge in [0.05, 0.1) is 0 Å². The summed E-state index contributed by atoms with van der Waals surface area (Å²) < 4.78 is 1.01. The lowest BCUT2D eigenvalue weighted by atomic mass is 10.3. The molecule has 0 bridgehead atoms. The van der Waals surface area contributed by atoms with E-state index in [2.05, 4.69) is 0 Å². The van der Waals surface area contributed by atoms with E-state index in [1.54, 1.807) is 6.07 Å². The molecule has 0 atom stereocenters. The van der Waals surface area contributed by atoms with E-state index in [1.807, 2.05) is 0 Å². The Morgan fingerprint density at radius 2 is 2.45 bits per heavy atom. The second-order valence-corrected chi connectivity index (χ2v) is 2.08. The summed E-state index contributed by atoms with van der Waals surface area (Å²) in [5.41, 5.74) is 0.711. The van der Waals surface area contributed by atoms with Crippen LogP contribution >= 0.6 is 0 Å². The number of hydrogen-bond donors (Lipinski definition) is 1. The minimum absolute atomic E-state index is 0.264. The molecule has 11 heavy (non-hydrogen) atoms. The monoisotopic (exact) mass is 153 g/mol. The molecule has 0 spiro atoms. The second kappa shape index (κ2) is 3.01. The summed E-state index contributed by atoms with van der Waals surface area (Å²) in [4.78, 5) is 20.3. The molecule has 0 fully saturated rings. The molecule has 4 heteroatoms. The van der Waals surface area contributed by atoms with Crippen molar-refractivity contribution in [3.8, 4) is 0 Å². The van der Waals surface area contributed by atoms with Gasteiger partial charge in [-0.15, -0.1) is 0 Å². The molecule has 0 radical (unpaired) electrons. The number of carbonyl (C=O) groups is 2. The summed E-state index contributed by atoms with van der Waals surface area (Å²) in [6.07, 6.45) is 2.78. The summed E-state index contributed by atoms with van der Waals surface area (Å²) in [5.74, 6) is 0. The van der Waals surface area contributed by atoms with Crippen molar-refractivity contribution in [1.82, 2.24) is 4.57 Å². The molecule has 58 valence electrons. The van der Waals surface area contributed by atoms with Crippen LogP contribution in [-0.4, -0.2) is 22.1 Å². The first-order chi connectivity index (χ1) is 5.24. The Hall–Kier alpha value is -1.58. The van der Waals surface area contributed by atoms with E-state index in [4.69, 9.17) is 5.11 Å². The van der Waals surface area contributed by atoms with Crippen molar-refractivity contribution < 1.29 is 14.7 Å². The minimum Gasteiger partial charge on any atom is -0.464 e. The maximum Gasteiger partial charge on any atom is 0.415 e. The number of aldehydes is 1. The third-order valence-electron chi connectivity index (χ3n) is 1.29. The zero-order valence-corrected chi connectivity index (χ0v) is 5.73. The van der Waals surface area contributed by atoms with Gasteiger partial charge in [0.25, 0.3) is 0 Å². The number of aromatic nitrogens is 1. The van der Waals surface area contributed by atoms with Crippen LogP contribution < -0.4 is 0 Å². The molecule has 1 aromatic rings. The molecular formula is C7H7NO3. The molecular weight excluding hydrogens is 146 g/mol. The Bertz CT molecular complexity index is 277. The van der Waals surface area contributed by atoms with Gasteiger partial charge in [0.15, 0.2) is 0 Å². The maximum absolute atomic E-state index is 10.3. The van der Waals surface area contributed by atoms with Gasteiger partial charge in [0.1, 0.15) is 6.29 Å². The molecule has 4 nitrogen and oxygen atoms in total. The van der Waals surface area contributed by atoms with E-state index in [1.165, 1.54) is 12.4 Å². The third-order valence-corrected chi connectivity index (χ3v) is 1.29. The minimum atomic E-state index is -1.04. The Morgan fingerprint density at radius 1 is 1.73 bits per heavy atom. The highest BCUT2D eigenvalue weighted by atomic mass is 16.4. The highest BCUT2D eigenvalue weighted by Crippen LogP contribution is 1.99. The number of nitrogens with zero attached hydrogens (tertiary/aromatic N) is 1. The predicted octanol–water partition coefficient (Wildman–Crippen LogP) is 0.756. The molecule has 1 N–H and O–H groups in total. The molecule has 0 aliphatic heterocycles. The summed E-state index contributed by atoms with van der Waals surface area (Å²) in [5, 5.41) is 8.44. The standard InChI is InChI=1S/C7H7NO3/c9-4-2-6-1-3-8(5-6)7(10)11/h1,3-5H,2H2,(H,10,11). The first-order valence-electron chi connectivity index (χ1n) is 3.08. The summed E-state index contributed by atoms with van der Waals surface area (Å²) in [6.45, 7) is 0. The Kier molecular flexibility index (Phi) is 2.06. The number of carboxylic acid groups (broad SMARTS) is 1. The molecule has 0 amide bonds. The Labute approximate surface area is 63.1 Å². The van der Waals surface area contributed by atoms with Gasteiger partial charge in [0, 0.05) is 18.8 Å². The fraction of sp³-hybridized carbons (Fsp3) is 0.143. The summed E-state index contributed by atoms with van der Waals surface area (Å²) in [7, 11) is 0. The first kappa shape index (κ1) is 7.53. The molecule has 0 aliphatic rings. The topological polar surface area (TPSA) is 59.3 Å². The van der Waals surface area contributed by atoms with Crippen molar-refractivity contribution in [3.05, 3.63) is 24.0 Å². The maximum atomic E-state index is 10.3. The third kappa shape index (κ3) is 1.67. The fourth-order valence-electron chi connectivity index (χ4n) is 0.777. The quantitative estimate of drug-likeness (QED) is 0.638. The van der Waals surface area contributed by atoms with Crippen LogP contribution in [0.2, 0.25) is 0 Å². The van der Waals surface area contributed by atoms with Gasteiger partial charge < -0.3 is 9.90 Å². The van der Waals surface area contributed by atoms with Crippen LogP contribution in [0.3, 0.4) is 0 Å². The normalized spacial score (nSPS) is 9.45. The van der Waals surface area contributed by atoms with Crippen molar-refractivity contribution in [2.75, 3.05) is 0 Å². The Balaban J connectivity index is 2.81. The molecule has 0 aromatic carbocycles. The van der Waals surface area contributed by atoms with E-state index in [0.717, 1.165) is 10.9 Å². The van der Waals surface area contributed by atoms with Crippen LogP contribution in [0.15, 0.2) is 18.5 Å². The molecule has 0 saturated heterocycles. The van der Waals surface area contributed by atoms with Crippen LogP contribution in [0.5, 0.6) is 0 Å². The largest absolute Gasteiger partial charge is 0.464 e. The SMILES string of the molecule is O=CCc1ccn(C(=O)O)c1. The molecule has 1 aromatic heterocycles. The van der Waals surface area contributed by atoms with Crippen molar-refractivity contribution in [1.29, 1.82) is 0 Å². The van der Waals surface area contributed by atoms with Gasteiger partial charge in [-0.3, -0.25) is 4.57 Å². The summed E-state index contributed by atoms with van der Waals surface area (Å²) >= 11 is 0. The van der Waals surface area contributed by atoms with Crippen LogP contribution in [0, 0.1) is 0 Å². The number of rotatable bonds is 2. The zero-order chi connectivity index (χ0) is 8.27. The zero-order valence-electron chi connectivity index (χ0n) is 5.73. The van der Waals surface area contributed by atoms with Gasteiger partial charge in [-0.2, -0.15) is 0 Å². The average molecular weight is 153 g/mol. The average Bonchev–Trinajstić information content (AvgIpc) is 2.37. The van der Waals surface area contributed by atoms with E-state index in [9.17, 15) is 9.59 Å². The van der Waals surface area contributed by atoms with Gasteiger partial charge in [0.2, 0.25) is 0 Å². The van der Waals surface area contributed by atoms with Crippen LogP contribution in [0.4, 0.5) is 4.79 Å². The predicted molar refractivity (Wildman–Crippen MR) is 37.6 cm³/mol. The number of hydrogen-bond acceptors (Lipinski definition) is 2. The van der Waals surface area contributed by atoms with Gasteiger partial charge >= 0.3 is 6.09 Å². The molecule has 0 unspecified atom stereocenters. The van der Waals surface area contributed by atoms with Crippen LogP contribution in [0.1, 0.15) is 5.56 Å². The van der Waals surface area contributed by atoms with Crippen molar-refractivity contribution in [2.24, 2.45) is 0 Å². The van der Waals surface area contributed by atoms with E-state index in [0.29, 0.717) is 5.56 Å². The van der Waals surface area contributed by atoms with Crippen LogP contribution in [-0.2, 0) is 11.2 Å². The first-order valence-corrected chi connectivity index (χ1v) is 3.08. The van der Waals surface area contributed by atoms with E-state index in [-0.39, 0.29) is 6.42 Å². The smallest absolute Gasteiger partial charge is 0.415 e. The van der Waals surface area contributed by atoms with E-state index < -0.39 is 6.09 Å². The highest BCUT2D eigenvalue weighted by molar-refractivity contribution is 5.68. The fourth-order valence-corrected chi connectivity index (χ4v) is 0.777. The van der Waals surface area contributed by atoms with Gasteiger partial charge in [-0.25, -0.2) is 4.79 Å². The summed E-state index contributed by atoms with van der Waals surface area (Å²) in [6, 6.07) is 1.60. The number of carbonyl (C=O) groups excluding carboxylic acids is 1. The van der Waals surface area contributed by atoms with Crippen LogP contribution in [0.25, 0.3) is 0 Å². The second-order valence-electron chi connectivity index (χ2n) is 2.08. The Morgan fingerprint density at radius 3 is 2.91 bits per heavy atom. The molecule has 1 rings (SSSR count). The van der Waals surface area contributed by atoms with Gasteiger partial charge in [-0.05, 0) is 11.6 Å². The van der Waals surface area contributed by atoms with E-state index >= 15 is 0 Å². The molecule has 0 saturated carbocycles. The van der Waals surface area contributed by atoms with Crippen molar-refractivity contribution in [3.63, 3.8) is 0 Å². The lowest BCUT2D eigenvalue weighted by Crippen LogP contribution is -2.03. The highest BCUT2D eigenvalue weighted by Gasteiger charge is 2.00. The lowest BCUT2D eigenvalue weighted by molar-refractivity contribution is -0.107. The lowest BCUT2D eigenvalue weighted by Gasteiger charge is -1.89.